The summed E-state index contributed by atoms with van der Waals surface area (Å²) in [6, 6.07) is 11.2. The van der Waals surface area contributed by atoms with E-state index >= 15 is 0 Å². The van der Waals surface area contributed by atoms with Gasteiger partial charge in [0, 0.05) is 37.3 Å². The second kappa shape index (κ2) is 12.4. The third kappa shape index (κ3) is 8.54. The molecule has 0 heterocycles. The van der Waals surface area contributed by atoms with Gasteiger partial charge in [0.25, 0.3) is 11.4 Å². The van der Waals surface area contributed by atoms with E-state index in [4.69, 9.17) is 18.9 Å². The predicted molar refractivity (Wildman–Crippen MR) is 109 cm³/mol. The third-order valence-corrected chi connectivity index (χ3v) is 3.99. The van der Waals surface area contributed by atoms with Gasteiger partial charge in [0.05, 0.1) is 23.1 Å². The van der Waals surface area contributed by atoms with E-state index in [9.17, 15) is 25.3 Å². The summed E-state index contributed by atoms with van der Waals surface area (Å²) in [6.45, 7) is 2.35. The van der Waals surface area contributed by atoms with E-state index in [0.717, 1.165) is 0 Å². The molecule has 2 atom stereocenters. The molecule has 31 heavy (non-hydrogen) atoms. The molecule has 0 aromatic heterocycles. The maximum Gasteiger partial charge on any atom is 0.269 e. The van der Waals surface area contributed by atoms with Crippen LogP contribution in [0.5, 0.6) is 11.5 Å². The molecule has 0 aliphatic carbocycles. The predicted octanol–water partition coefficient (Wildman–Crippen LogP) is 3.09. The Bertz CT molecular complexity index is 828. The first-order chi connectivity index (χ1) is 14.9. The molecular formula is C20H24N2O9. The highest BCUT2D eigenvalue weighted by atomic mass is 16.7. The first kappa shape index (κ1) is 24.0. The van der Waals surface area contributed by atoms with Crippen molar-refractivity contribution in [1.82, 2.24) is 0 Å². The number of hydrogen-bond acceptors (Lipinski definition) is 9. The van der Waals surface area contributed by atoms with Crippen LogP contribution in [0.2, 0.25) is 0 Å². The van der Waals surface area contributed by atoms with Crippen molar-refractivity contribution in [1.29, 1.82) is 0 Å². The molecular weight excluding hydrogens is 412 g/mol. The summed E-state index contributed by atoms with van der Waals surface area (Å²) in [5.74, 6) is 0.875. The van der Waals surface area contributed by atoms with Gasteiger partial charge in [0.15, 0.2) is 6.29 Å². The highest BCUT2D eigenvalue weighted by Gasteiger charge is 2.14. The Balaban J connectivity index is 1.71. The molecule has 0 aliphatic heterocycles. The number of nitrogens with zero attached hydrogens (tertiary/aromatic N) is 2. The average Bonchev–Trinajstić information content (AvgIpc) is 2.76. The average molecular weight is 436 g/mol. The van der Waals surface area contributed by atoms with Crippen LogP contribution in [0.3, 0.4) is 0 Å². The van der Waals surface area contributed by atoms with Crippen molar-refractivity contribution in [2.75, 3.05) is 26.4 Å². The molecule has 0 spiro atoms. The van der Waals surface area contributed by atoms with Crippen LogP contribution < -0.4 is 9.47 Å². The largest absolute Gasteiger partial charge is 0.493 e. The molecule has 0 fully saturated rings. The van der Waals surface area contributed by atoms with Crippen molar-refractivity contribution in [2.45, 2.75) is 25.7 Å². The fourth-order valence-electron chi connectivity index (χ4n) is 2.46. The van der Waals surface area contributed by atoms with Crippen LogP contribution in [0.25, 0.3) is 0 Å². The van der Waals surface area contributed by atoms with Gasteiger partial charge < -0.3 is 24.1 Å². The van der Waals surface area contributed by atoms with Crippen molar-refractivity contribution in [2.24, 2.45) is 0 Å². The summed E-state index contributed by atoms with van der Waals surface area (Å²) < 4.78 is 22.0. The Kier molecular flexibility index (Phi) is 9.62. The fourth-order valence-corrected chi connectivity index (χ4v) is 2.46. The number of non-ortho nitro benzene ring substituents is 2. The van der Waals surface area contributed by atoms with Crippen molar-refractivity contribution in [3.05, 3.63) is 68.8 Å². The van der Waals surface area contributed by atoms with E-state index in [-0.39, 0.29) is 31.2 Å². The molecule has 1 N–H and O–H groups in total. The summed E-state index contributed by atoms with van der Waals surface area (Å²) in [5.41, 5.74) is -0.0699. The minimum Gasteiger partial charge on any atom is -0.493 e. The van der Waals surface area contributed by atoms with Crippen molar-refractivity contribution >= 4 is 11.4 Å². The number of aliphatic hydroxyl groups excluding tert-OH is 1. The standard InChI is InChI=1S/C20H24N2O9/c1-2-28-20(11-12-29-18-7-3-15(4-8-18)21(24)25)31-14-17(23)13-30-19-9-5-16(6-10-19)22(26)27/h3-10,17,20,23H,2,11-14H2,1H3. The molecule has 0 bridgehead atoms. The van der Waals surface area contributed by atoms with E-state index in [2.05, 4.69) is 0 Å². The summed E-state index contributed by atoms with van der Waals surface area (Å²) in [5, 5.41) is 31.3. The quantitative estimate of drug-likeness (QED) is 0.268. The topological polar surface area (TPSA) is 143 Å². The number of ether oxygens (including phenoxy) is 4. The van der Waals surface area contributed by atoms with Crippen LogP contribution in [0.4, 0.5) is 11.4 Å². The van der Waals surface area contributed by atoms with Crippen LogP contribution in [0, 0.1) is 20.2 Å². The first-order valence-electron chi connectivity index (χ1n) is 9.54. The summed E-state index contributed by atoms with van der Waals surface area (Å²) in [4.78, 5) is 20.3. The Morgan fingerprint density at radius 1 is 0.839 bits per heavy atom. The van der Waals surface area contributed by atoms with Gasteiger partial charge >= 0.3 is 0 Å². The van der Waals surface area contributed by atoms with Crippen LogP contribution in [-0.4, -0.2) is 53.8 Å². The smallest absolute Gasteiger partial charge is 0.269 e. The SMILES string of the molecule is CCOC(CCOc1ccc([N+](=O)[O-])cc1)OCC(O)COc1ccc([N+](=O)[O-])cc1. The van der Waals surface area contributed by atoms with Gasteiger partial charge in [-0.15, -0.1) is 0 Å². The number of rotatable bonds is 14. The molecule has 2 unspecified atom stereocenters. The highest BCUT2D eigenvalue weighted by molar-refractivity contribution is 5.36. The lowest BCUT2D eigenvalue weighted by Crippen LogP contribution is -2.29. The van der Waals surface area contributed by atoms with E-state index < -0.39 is 22.2 Å². The molecule has 11 nitrogen and oxygen atoms in total. The van der Waals surface area contributed by atoms with E-state index in [1.54, 1.807) is 0 Å². The molecule has 0 saturated heterocycles. The maximum atomic E-state index is 10.7. The van der Waals surface area contributed by atoms with Crippen molar-refractivity contribution in [3.63, 3.8) is 0 Å². The molecule has 0 radical (unpaired) electrons. The summed E-state index contributed by atoms with van der Waals surface area (Å²) in [6.07, 6.45) is -1.17. The van der Waals surface area contributed by atoms with Crippen LogP contribution in [0.1, 0.15) is 13.3 Å². The second-order valence-corrected chi connectivity index (χ2v) is 6.32. The van der Waals surface area contributed by atoms with Crippen molar-refractivity contribution in [3.8, 4) is 11.5 Å². The number of benzene rings is 2. The summed E-state index contributed by atoms with van der Waals surface area (Å²) >= 11 is 0. The zero-order valence-corrected chi connectivity index (χ0v) is 16.9. The molecule has 0 aliphatic rings. The van der Waals surface area contributed by atoms with Crippen LogP contribution in [0.15, 0.2) is 48.5 Å². The van der Waals surface area contributed by atoms with Gasteiger partial charge in [-0.1, -0.05) is 0 Å². The van der Waals surface area contributed by atoms with Gasteiger partial charge in [-0.2, -0.15) is 0 Å². The first-order valence-corrected chi connectivity index (χ1v) is 9.54. The Labute approximate surface area is 178 Å². The zero-order chi connectivity index (χ0) is 22.6. The van der Waals surface area contributed by atoms with Crippen LogP contribution in [-0.2, 0) is 9.47 Å². The number of aliphatic hydroxyl groups is 1. The minimum atomic E-state index is -0.936. The molecule has 2 aromatic carbocycles. The van der Waals surface area contributed by atoms with Gasteiger partial charge in [-0.25, -0.2) is 0 Å². The fraction of sp³-hybridized carbons (Fsp3) is 0.400. The number of nitro benzene ring substituents is 2. The molecule has 2 aromatic rings. The zero-order valence-electron chi connectivity index (χ0n) is 16.9. The van der Waals surface area contributed by atoms with Gasteiger partial charge in [-0.05, 0) is 31.2 Å². The Morgan fingerprint density at radius 2 is 1.35 bits per heavy atom. The molecule has 0 saturated carbocycles. The lowest BCUT2D eigenvalue weighted by atomic mass is 10.3. The van der Waals surface area contributed by atoms with Crippen molar-refractivity contribution < 1.29 is 33.9 Å². The monoisotopic (exact) mass is 436 g/mol. The van der Waals surface area contributed by atoms with Gasteiger partial charge in [-0.3, -0.25) is 20.2 Å². The van der Waals surface area contributed by atoms with E-state index in [0.29, 0.717) is 24.5 Å². The van der Waals surface area contributed by atoms with Crippen LogP contribution >= 0.6 is 0 Å². The normalized spacial score (nSPS) is 12.7. The van der Waals surface area contributed by atoms with Gasteiger partial charge in [0.1, 0.15) is 24.2 Å². The van der Waals surface area contributed by atoms with E-state index in [1.807, 2.05) is 6.92 Å². The summed E-state index contributed by atoms with van der Waals surface area (Å²) in [7, 11) is 0. The third-order valence-electron chi connectivity index (χ3n) is 3.99. The molecule has 0 amide bonds. The van der Waals surface area contributed by atoms with E-state index in [1.165, 1.54) is 48.5 Å². The lowest BCUT2D eigenvalue weighted by Gasteiger charge is -2.20. The number of hydrogen-bond donors (Lipinski definition) is 1. The molecule has 2 rings (SSSR count). The Morgan fingerprint density at radius 3 is 1.84 bits per heavy atom. The maximum absolute atomic E-state index is 10.7. The molecule has 11 heteroatoms. The molecule has 168 valence electrons. The number of nitro groups is 2. The lowest BCUT2D eigenvalue weighted by molar-refractivity contribution is -0.385. The highest BCUT2D eigenvalue weighted by Crippen LogP contribution is 2.19. The minimum absolute atomic E-state index is 0.0205. The van der Waals surface area contributed by atoms with Gasteiger partial charge in [0.2, 0.25) is 0 Å². The second-order valence-electron chi connectivity index (χ2n) is 6.32. The Hall–Kier alpha value is -3.28.